The van der Waals surface area contributed by atoms with Crippen molar-refractivity contribution in [3.63, 3.8) is 0 Å². The zero-order valence-corrected chi connectivity index (χ0v) is 22.5. The topological polar surface area (TPSA) is 86.8 Å². The number of fused-ring (bicyclic) bond motifs is 1. The van der Waals surface area contributed by atoms with Crippen molar-refractivity contribution in [1.29, 1.82) is 0 Å². The molecule has 0 fully saturated rings. The minimum absolute atomic E-state index is 0.173. The van der Waals surface area contributed by atoms with Gasteiger partial charge in [0.05, 0.1) is 17.8 Å². The fourth-order valence-corrected chi connectivity index (χ4v) is 5.09. The molecule has 5 rings (SSSR count). The van der Waals surface area contributed by atoms with Crippen LogP contribution < -0.4 is 15.1 Å². The first-order valence-electron chi connectivity index (χ1n) is 12.7. The second kappa shape index (κ2) is 11.6. The van der Waals surface area contributed by atoms with Crippen LogP contribution in [0.5, 0.6) is 0 Å². The van der Waals surface area contributed by atoms with Crippen LogP contribution in [-0.4, -0.2) is 23.5 Å². The molecule has 0 saturated heterocycles. The summed E-state index contributed by atoms with van der Waals surface area (Å²) in [5.41, 5.74) is 3.12. The maximum Gasteiger partial charge on any atom is 0.299 e. The van der Waals surface area contributed by atoms with Crippen molar-refractivity contribution in [3.05, 3.63) is 130 Å². The summed E-state index contributed by atoms with van der Waals surface area (Å²) in [6.07, 6.45) is 0. The van der Waals surface area contributed by atoms with E-state index in [0.29, 0.717) is 22.0 Å². The molecule has 0 spiro atoms. The average molecular weight is 552 g/mol. The number of halogens is 1. The van der Waals surface area contributed by atoms with Crippen molar-refractivity contribution < 1.29 is 19.2 Å². The zero-order valence-electron chi connectivity index (χ0n) is 21.7. The lowest BCUT2D eigenvalue weighted by molar-refractivity contribution is -0.126. The highest BCUT2D eigenvalue weighted by Crippen LogP contribution is 2.37. The van der Waals surface area contributed by atoms with Crippen molar-refractivity contribution in [3.8, 4) is 0 Å². The summed E-state index contributed by atoms with van der Waals surface area (Å²) >= 11 is 6.53. The van der Waals surface area contributed by atoms with E-state index in [0.717, 1.165) is 11.1 Å². The molecule has 0 bridgehead atoms. The molecular formula is C32H26ClN3O4. The molecule has 1 aliphatic rings. The van der Waals surface area contributed by atoms with Crippen molar-refractivity contribution in [1.82, 2.24) is 5.32 Å². The first kappa shape index (κ1) is 26.8. The van der Waals surface area contributed by atoms with E-state index in [2.05, 4.69) is 5.32 Å². The minimum Gasteiger partial charge on any atom is -0.350 e. The van der Waals surface area contributed by atoms with Crippen LogP contribution in [0, 0.1) is 0 Å². The average Bonchev–Trinajstić information content (AvgIpc) is 3.20. The summed E-state index contributed by atoms with van der Waals surface area (Å²) in [7, 11) is 0. The molecule has 0 saturated carbocycles. The smallest absolute Gasteiger partial charge is 0.299 e. The van der Waals surface area contributed by atoms with Crippen molar-refractivity contribution in [2.45, 2.75) is 26.1 Å². The molecule has 1 N–H and O–H groups in total. The van der Waals surface area contributed by atoms with Gasteiger partial charge in [-0.1, -0.05) is 90.5 Å². The Labute approximate surface area is 237 Å². The highest BCUT2D eigenvalue weighted by Gasteiger charge is 2.38. The van der Waals surface area contributed by atoms with Gasteiger partial charge in [-0.05, 0) is 35.4 Å². The first-order chi connectivity index (χ1) is 19.3. The highest BCUT2D eigenvalue weighted by atomic mass is 35.5. The van der Waals surface area contributed by atoms with Gasteiger partial charge in [-0.3, -0.25) is 24.1 Å². The molecule has 40 heavy (non-hydrogen) atoms. The van der Waals surface area contributed by atoms with E-state index >= 15 is 0 Å². The Bertz CT molecular complexity index is 1590. The fourth-order valence-electron chi connectivity index (χ4n) is 4.85. The van der Waals surface area contributed by atoms with E-state index in [-0.39, 0.29) is 18.7 Å². The second-order valence-electron chi connectivity index (χ2n) is 9.42. The number of hydrogen-bond acceptors (Lipinski definition) is 4. The number of nitrogens with zero attached hydrogens (tertiary/aromatic N) is 2. The van der Waals surface area contributed by atoms with Crippen LogP contribution in [-0.2, 0) is 27.5 Å². The third-order valence-electron chi connectivity index (χ3n) is 6.77. The van der Waals surface area contributed by atoms with Gasteiger partial charge in [-0.2, -0.15) is 0 Å². The number of ketones is 1. The number of benzene rings is 4. The maximum atomic E-state index is 13.7. The predicted molar refractivity (Wildman–Crippen MR) is 154 cm³/mol. The number of carbonyl (C=O) groups excluding carboxylic acids is 4. The van der Waals surface area contributed by atoms with E-state index in [4.69, 9.17) is 11.6 Å². The van der Waals surface area contributed by atoms with Gasteiger partial charge >= 0.3 is 0 Å². The Balaban J connectivity index is 1.52. The molecule has 4 aromatic carbocycles. The maximum absolute atomic E-state index is 13.7. The van der Waals surface area contributed by atoms with E-state index in [1.54, 1.807) is 36.4 Å². The molecule has 0 aromatic heterocycles. The first-order valence-corrected chi connectivity index (χ1v) is 13.1. The lowest BCUT2D eigenvalue weighted by atomic mass is 10.0. The molecular weight excluding hydrogens is 526 g/mol. The number of amides is 3. The van der Waals surface area contributed by atoms with Crippen LogP contribution in [0.15, 0.2) is 103 Å². The van der Waals surface area contributed by atoms with Gasteiger partial charge in [-0.15, -0.1) is 0 Å². The fraction of sp³-hybridized carbons (Fsp3) is 0.125. The summed E-state index contributed by atoms with van der Waals surface area (Å²) in [6, 6.07) is 29.2. The molecule has 0 radical (unpaired) electrons. The standard InChI is InChI=1S/C32H26ClN3O4/c1-21(37)36(29(25-14-8-9-15-27(25)33)31(39)34-19-22-10-4-2-5-11-22)24-16-17-28-26(18-24)30(38)32(40)35(28)20-23-12-6-3-7-13-23/h2-18,29H,19-20H2,1H3,(H,34,39). The number of Topliss-reactive ketones (excluding diaryl/α,β-unsaturated/α-hetero) is 1. The van der Waals surface area contributed by atoms with Crippen molar-refractivity contribution in [2.75, 3.05) is 9.80 Å². The van der Waals surface area contributed by atoms with Gasteiger partial charge in [0.15, 0.2) is 0 Å². The second-order valence-corrected chi connectivity index (χ2v) is 9.83. The summed E-state index contributed by atoms with van der Waals surface area (Å²) in [6.45, 7) is 1.83. The lowest BCUT2D eigenvalue weighted by Crippen LogP contribution is -2.43. The van der Waals surface area contributed by atoms with E-state index < -0.39 is 29.5 Å². The quantitative estimate of drug-likeness (QED) is 0.294. The summed E-state index contributed by atoms with van der Waals surface area (Å²) in [4.78, 5) is 55.5. The number of hydrogen-bond donors (Lipinski definition) is 1. The molecule has 0 aliphatic carbocycles. The number of anilines is 2. The van der Waals surface area contributed by atoms with Crippen LogP contribution in [0.1, 0.15) is 40.0 Å². The molecule has 200 valence electrons. The molecule has 4 aromatic rings. The minimum atomic E-state index is -1.12. The van der Waals surface area contributed by atoms with Crippen LogP contribution in [0.4, 0.5) is 11.4 Å². The summed E-state index contributed by atoms with van der Waals surface area (Å²) in [5.74, 6) is -2.19. The Hall–Kier alpha value is -4.75. The molecule has 1 aliphatic heterocycles. The molecule has 3 amide bonds. The third kappa shape index (κ3) is 5.37. The lowest BCUT2D eigenvalue weighted by Gasteiger charge is -2.31. The molecule has 1 unspecified atom stereocenters. The van der Waals surface area contributed by atoms with Gasteiger partial charge < -0.3 is 10.2 Å². The number of rotatable bonds is 8. The molecule has 1 heterocycles. The predicted octanol–water partition coefficient (Wildman–Crippen LogP) is 5.48. The monoisotopic (exact) mass is 551 g/mol. The number of nitrogens with one attached hydrogen (secondary N) is 1. The van der Waals surface area contributed by atoms with Crippen molar-refractivity contribution in [2.24, 2.45) is 0 Å². The Morgan fingerprint density at radius 3 is 2.12 bits per heavy atom. The summed E-state index contributed by atoms with van der Waals surface area (Å²) < 4.78 is 0. The van der Waals surface area contributed by atoms with Crippen LogP contribution in [0.2, 0.25) is 5.02 Å². The zero-order chi connectivity index (χ0) is 28.2. The Kier molecular flexibility index (Phi) is 7.75. The Morgan fingerprint density at radius 1 is 0.850 bits per heavy atom. The Morgan fingerprint density at radius 2 is 1.48 bits per heavy atom. The van der Waals surface area contributed by atoms with E-state index in [9.17, 15) is 19.2 Å². The highest BCUT2D eigenvalue weighted by molar-refractivity contribution is 6.52. The van der Waals surface area contributed by atoms with Gasteiger partial charge in [0.25, 0.3) is 11.7 Å². The molecule has 7 nitrogen and oxygen atoms in total. The van der Waals surface area contributed by atoms with Crippen LogP contribution in [0.25, 0.3) is 0 Å². The number of carbonyl (C=O) groups is 4. The van der Waals surface area contributed by atoms with Gasteiger partial charge in [0.1, 0.15) is 6.04 Å². The normalized spacial score (nSPS) is 13.1. The summed E-state index contributed by atoms with van der Waals surface area (Å²) in [5, 5.41) is 3.23. The van der Waals surface area contributed by atoms with Gasteiger partial charge in [-0.25, -0.2) is 0 Å². The molecule has 8 heteroatoms. The van der Waals surface area contributed by atoms with Crippen molar-refractivity contribution >= 4 is 46.5 Å². The van der Waals surface area contributed by atoms with Gasteiger partial charge in [0.2, 0.25) is 11.8 Å². The SMILES string of the molecule is CC(=O)N(c1ccc2c(c1)C(=O)C(=O)N2Cc1ccccc1)C(C(=O)NCc1ccccc1)c1ccccc1Cl. The van der Waals surface area contributed by atoms with Crippen LogP contribution >= 0.6 is 11.6 Å². The van der Waals surface area contributed by atoms with Crippen LogP contribution in [0.3, 0.4) is 0 Å². The van der Waals surface area contributed by atoms with E-state index in [1.165, 1.54) is 22.8 Å². The van der Waals surface area contributed by atoms with Gasteiger partial charge in [0, 0.05) is 29.7 Å². The largest absolute Gasteiger partial charge is 0.350 e. The molecule has 1 atom stereocenters. The van der Waals surface area contributed by atoms with E-state index in [1.807, 2.05) is 60.7 Å². The third-order valence-corrected chi connectivity index (χ3v) is 7.12.